The maximum absolute atomic E-state index is 12.7. The second-order valence-electron chi connectivity index (χ2n) is 7.25. The van der Waals surface area contributed by atoms with Gasteiger partial charge < -0.3 is 14.5 Å². The SMILES string of the molecule is O=C(c1cccc(Cl)c1)N1CCc2cc(OCCCN3CCCC3)sc2C1. The van der Waals surface area contributed by atoms with E-state index in [0.29, 0.717) is 17.1 Å². The molecule has 1 saturated heterocycles. The number of ether oxygens (including phenoxy) is 1. The Hall–Kier alpha value is -1.56. The second kappa shape index (κ2) is 8.63. The Morgan fingerprint density at radius 2 is 2.04 bits per heavy atom. The average Bonchev–Trinajstić information content (AvgIpc) is 3.33. The minimum absolute atomic E-state index is 0.0460. The third kappa shape index (κ3) is 4.65. The van der Waals surface area contributed by atoms with E-state index in [0.717, 1.165) is 37.6 Å². The number of likely N-dealkylation sites (tertiary alicyclic amines) is 1. The summed E-state index contributed by atoms with van der Waals surface area (Å²) >= 11 is 7.71. The van der Waals surface area contributed by atoms with Crippen LogP contribution in [0.1, 0.15) is 40.1 Å². The topological polar surface area (TPSA) is 32.8 Å². The zero-order valence-corrected chi connectivity index (χ0v) is 17.0. The van der Waals surface area contributed by atoms with Gasteiger partial charge in [-0.3, -0.25) is 4.79 Å². The molecule has 1 fully saturated rings. The number of thiophene rings is 1. The summed E-state index contributed by atoms with van der Waals surface area (Å²) < 4.78 is 5.99. The summed E-state index contributed by atoms with van der Waals surface area (Å²) in [6.45, 7) is 5.77. The van der Waals surface area contributed by atoms with Crippen LogP contribution in [0.5, 0.6) is 5.06 Å². The van der Waals surface area contributed by atoms with Gasteiger partial charge in [-0.2, -0.15) is 0 Å². The summed E-state index contributed by atoms with van der Waals surface area (Å²) in [4.78, 5) is 18.4. The number of amides is 1. The number of hydrogen-bond acceptors (Lipinski definition) is 4. The molecule has 2 aromatic rings. The summed E-state index contributed by atoms with van der Waals surface area (Å²) in [6, 6.07) is 9.34. The Morgan fingerprint density at radius 1 is 1.19 bits per heavy atom. The number of rotatable bonds is 6. The van der Waals surface area contributed by atoms with E-state index in [9.17, 15) is 4.79 Å². The van der Waals surface area contributed by atoms with E-state index in [-0.39, 0.29) is 5.91 Å². The lowest BCUT2D eigenvalue weighted by molar-refractivity contribution is 0.0737. The van der Waals surface area contributed by atoms with Crippen molar-refractivity contribution in [3.63, 3.8) is 0 Å². The van der Waals surface area contributed by atoms with Crippen molar-refractivity contribution in [2.24, 2.45) is 0 Å². The van der Waals surface area contributed by atoms with Crippen LogP contribution in [0.3, 0.4) is 0 Å². The summed E-state index contributed by atoms with van der Waals surface area (Å²) in [6.07, 6.45) is 4.63. The van der Waals surface area contributed by atoms with Crippen molar-refractivity contribution in [1.29, 1.82) is 0 Å². The van der Waals surface area contributed by atoms with E-state index in [1.807, 2.05) is 17.0 Å². The lowest BCUT2D eigenvalue weighted by Gasteiger charge is -2.26. The third-order valence-electron chi connectivity index (χ3n) is 5.28. The Bertz CT molecular complexity index is 801. The molecule has 2 aliphatic rings. The van der Waals surface area contributed by atoms with Crippen molar-refractivity contribution in [2.75, 3.05) is 32.8 Å². The molecule has 6 heteroatoms. The van der Waals surface area contributed by atoms with Crippen LogP contribution in [0.4, 0.5) is 0 Å². The first-order valence-electron chi connectivity index (χ1n) is 9.70. The smallest absolute Gasteiger partial charge is 0.254 e. The van der Waals surface area contributed by atoms with Crippen molar-refractivity contribution in [3.8, 4) is 5.06 Å². The van der Waals surface area contributed by atoms with Crippen LogP contribution in [0, 0.1) is 0 Å². The Kier molecular flexibility index (Phi) is 6.01. The van der Waals surface area contributed by atoms with Gasteiger partial charge in [0.25, 0.3) is 5.91 Å². The molecule has 0 saturated carbocycles. The molecule has 0 bridgehead atoms. The third-order valence-corrected chi connectivity index (χ3v) is 6.59. The largest absolute Gasteiger partial charge is 0.484 e. The predicted octanol–water partition coefficient (Wildman–Crippen LogP) is 4.46. The lowest BCUT2D eigenvalue weighted by Crippen LogP contribution is -2.35. The van der Waals surface area contributed by atoms with Crippen LogP contribution in [0.25, 0.3) is 0 Å². The van der Waals surface area contributed by atoms with Crippen molar-refractivity contribution >= 4 is 28.8 Å². The molecule has 1 amide bonds. The van der Waals surface area contributed by atoms with Gasteiger partial charge in [0.2, 0.25) is 0 Å². The number of hydrogen-bond donors (Lipinski definition) is 0. The van der Waals surface area contributed by atoms with Gasteiger partial charge in [0.05, 0.1) is 13.2 Å². The van der Waals surface area contributed by atoms with Crippen molar-refractivity contribution in [2.45, 2.75) is 32.2 Å². The highest BCUT2D eigenvalue weighted by atomic mass is 35.5. The molecule has 2 aliphatic heterocycles. The van der Waals surface area contributed by atoms with E-state index in [2.05, 4.69) is 11.0 Å². The molecule has 0 aliphatic carbocycles. The van der Waals surface area contributed by atoms with Crippen LogP contribution < -0.4 is 4.74 Å². The Labute approximate surface area is 169 Å². The molecule has 0 N–H and O–H groups in total. The number of carbonyl (C=O) groups excluding carboxylic acids is 1. The van der Waals surface area contributed by atoms with E-state index in [4.69, 9.17) is 16.3 Å². The van der Waals surface area contributed by atoms with Gasteiger partial charge in [0.1, 0.15) is 0 Å². The van der Waals surface area contributed by atoms with Gasteiger partial charge in [-0.05, 0) is 68.6 Å². The van der Waals surface area contributed by atoms with E-state index in [1.165, 1.54) is 36.4 Å². The quantitative estimate of drug-likeness (QED) is 0.666. The second-order valence-corrected chi connectivity index (χ2v) is 8.79. The van der Waals surface area contributed by atoms with E-state index >= 15 is 0 Å². The lowest BCUT2D eigenvalue weighted by atomic mass is 10.1. The van der Waals surface area contributed by atoms with Gasteiger partial charge in [-0.25, -0.2) is 0 Å². The van der Waals surface area contributed by atoms with Crippen LogP contribution in [0.2, 0.25) is 5.02 Å². The van der Waals surface area contributed by atoms with Crippen molar-refractivity contribution in [1.82, 2.24) is 9.80 Å². The molecule has 0 atom stereocenters. The van der Waals surface area contributed by atoms with Gasteiger partial charge in [0.15, 0.2) is 5.06 Å². The van der Waals surface area contributed by atoms with Gasteiger partial charge in [-0.1, -0.05) is 17.7 Å². The van der Waals surface area contributed by atoms with Gasteiger partial charge >= 0.3 is 0 Å². The molecule has 4 rings (SSSR count). The Morgan fingerprint density at radius 3 is 2.85 bits per heavy atom. The molecule has 4 nitrogen and oxygen atoms in total. The van der Waals surface area contributed by atoms with E-state index < -0.39 is 0 Å². The highest BCUT2D eigenvalue weighted by Crippen LogP contribution is 2.34. The van der Waals surface area contributed by atoms with E-state index in [1.54, 1.807) is 23.5 Å². The molecule has 27 heavy (non-hydrogen) atoms. The normalized spacial score (nSPS) is 17.1. The predicted molar refractivity (Wildman–Crippen MR) is 110 cm³/mol. The zero-order chi connectivity index (χ0) is 18.6. The van der Waals surface area contributed by atoms with Crippen LogP contribution in [-0.2, 0) is 13.0 Å². The number of halogens is 1. The van der Waals surface area contributed by atoms with Gasteiger partial charge in [-0.15, -0.1) is 11.3 Å². The number of benzene rings is 1. The first kappa shape index (κ1) is 18.8. The first-order valence-corrected chi connectivity index (χ1v) is 10.9. The standard InChI is InChI=1S/C21H25ClN2O2S/c22-18-6-3-5-17(13-18)21(25)24-11-7-16-14-20(27-19(16)15-24)26-12-4-10-23-8-1-2-9-23/h3,5-6,13-14H,1-2,4,7-12,15H2. The fourth-order valence-electron chi connectivity index (χ4n) is 3.81. The van der Waals surface area contributed by atoms with Crippen LogP contribution >= 0.6 is 22.9 Å². The monoisotopic (exact) mass is 404 g/mol. The summed E-state index contributed by atoms with van der Waals surface area (Å²) in [5.41, 5.74) is 1.98. The number of nitrogens with zero attached hydrogens (tertiary/aromatic N) is 2. The summed E-state index contributed by atoms with van der Waals surface area (Å²) in [7, 11) is 0. The fourth-order valence-corrected chi connectivity index (χ4v) is 5.10. The Balaban J connectivity index is 1.31. The first-order chi connectivity index (χ1) is 13.2. The molecular weight excluding hydrogens is 380 g/mol. The van der Waals surface area contributed by atoms with Crippen LogP contribution in [0.15, 0.2) is 30.3 Å². The summed E-state index contributed by atoms with van der Waals surface area (Å²) in [5.74, 6) is 0.0460. The number of fused-ring (bicyclic) bond motifs is 1. The average molecular weight is 405 g/mol. The summed E-state index contributed by atoms with van der Waals surface area (Å²) in [5, 5.41) is 1.58. The highest BCUT2D eigenvalue weighted by molar-refractivity contribution is 7.14. The minimum atomic E-state index is 0.0460. The van der Waals surface area contributed by atoms with Crippen molar-refractivity contribution in [3.05, 3.63) is 51.4 Å². The minimum Gasteiger partial charge on any atom is -0.484 e. The van der Waals surface area contributed by atoms with Crippen molar-refractivity contribution < 1.29 is 9.53 Å². The highest BCUT2D eigenvalue weighted by Gasteiger charge is 2.24. The molecule has 3 heterocycles. The molecule has 0 unspecified atom stereocenters. The molecule has 1 aromatic heterocycles. The zero-order valence-electron chi connectivity index (χ0n) is 15.5. The molecule has 1 aromatic carbocycles. The molecule has 0 spiro atoms. The fraction of sp³-hybridized carbons (Fsp3) is 0.476. The maximum Gasteiger partial charge on any atom is 0.254 e. The van der Waals surface area contributed by atoms with Gasteiger partial charge in [0, 0.05) is 28.6 Å². The molecule has 0 radical (unpaired) electrons. The number of carbonyl (C=O) groups is 1. The molecule has 144 valence electrons. The molecular formula is C21H25ClN2O2S. The van der Waals surface area contributed by atoms with Crippen LogP contribution in [-0.4, -0.2) is 48.5 Å². The maximum atomic E-state index is 12.7.